The molecule has 1 heterocycles. The summed E-state index contributed by atoms with van der Waals surface area (Å²) in [5.74, 6) is -0.419. The average Bonchev–Trinajstić information content (AvgIpc) is 2.67. The molecule has 1 fully saturated rings. The molecule has 0 aliphatic carbocycles. The third-order valence-corrected chi connectivity index (χ3v) is 4.79. The first-order valence-electron chi connectivity index (χ1n) is 8.94. The van der Waals surface area contributed by atoms with Gasteiger partial charge in [0.2, 0.25) is 5.91 Å². The van der Waals surface area contributed by atoms with Crippen LogP contribution in [0.5, 0.6) is 0 Å². The number of carbonyl (C=O) groups is 1. The van der Waals surface area contributed by atoms with Crippen molar-refractivity contribution >= 4 is 11.6 Å². The van der Waals surface area contributed by atoms with Crippen molar-refractivity contribution in [2.75, 3.05) is 18.0 Å². The van der Waals surface area contributed by atoms with E-state index in [0.717, 1.165) is 24.8 Å². The van der Waals surface area contributed by atoms with E-state index in [1.807, 2.05) is 41.3 Å². The van der Waals surface area contributed by atoms with Crippen molar-refractivity contribution in [3.8, 4) is 6.07 Å². The Morgan fingerprint density at radius 2 is 1.88 bits per heavy atom. The van der Waals surface area contributed by atoms with Gasteiger partial charge in [-0.2, -0.15) is 5.26 Å². The number of amides is 1. The topological polar surface area (TPSA) is 56.1 Å². The molecular formula is C21H22FN3O. The normalized spacial score (nSPS) is 14.7. The molecule has 0 saturated carbocycles. The number of hydrogen-bond acceptors (Lipinski definition) is 3. The zero-order valence-electron chi connectivity index (χ0n) is 14.6. The van der Waals surface area contributed by atoms with E-state index >= 15 is 0 Å². The van der Waals surface area contributed by atoms with Crippen LogP contribution in [0, 0.1) is 17.1 Å². The smallest absolute Gasteiger partial charge is 0.220 e. The molecule has 0 atom stereocenters. The highest BCUT2D eigenvalue weighted by atomic mass is 19.1. The van der Waals surface area contributed by atoms with Crippen LogP contribution in [0.3, 0.4) is 0 Å². The molecule has 1 aliphatic heterocycles. The van der Waals surface area contributed by atoms with Crippen molar-refractivity contribution in [1.82, 2.24) is 5.32 Å². The van der Waals surface area contributed by atoms with Gasteiger partial charge in [-0.3, -0.25) is 4.79 Å². The molecule has 3 rings (SSSR count). The van der Waals surface area contributed by atoms with Gasteiger partial charge < -0.3 is 10.2 Å². The van der Waals surface area contributed by atoms with E-state index in [0.29, 0.717) is 25.2 Å². The molecule has 0 radical (unpaired) electrons. The molecule has 1 aliphatic rings. The van der Waals surface area contributed by atoms with E-state index in [1.54, 1.807) is 12.1 Å². The number of nitrogens with zero attached hydrogens (tertiary/aromatic N) is 2. The van der Waals surface area contributed by atoms with Gasteiger partial charge in [-0.25, -0.2) is 4.39 Å². The van der Waals surface area contributed by atoms with E-state index in [2.05, 4.69) is 5.32 Å². The molecular weight excluding hydrogens is 329 g/mol. The van der Waals surface area contributed by atoms with E-state index in [1.165, 1.54) is 6.07 Å². The molecule has 5 heteroatoms. The van der Waals surface area contributed by atoms with Crippen LogP contribution >= 0.6 is 0 Å². The van der Waals surface area contributed by atoms with Crippen LogP contribution in [0.4, 0.5) is 10.1 Å². The van der Waals surface area contributed by atoms with Crippen molar-refractivity contribution in [2.45, 2.75) is 31.7 Å². The van der Waals surface area contributed by atoms with Gasteiger partial charge in [0.25, 0.3) is 0 Å². The van der Waals surface area contributed by atoms with E-state index < -0.39 is 5.82 Å². The predicted octanol–water partition coefficient (Wildman–Crippen LogP) is 3.42. The summed E-state index contributed by atoms with van der Waals surface area (Å²) in [6.45, 7) is 1.39. The molecule has 2 aromatic rings. The number of rotatable bonds is 5. The maximum atomic E-state index is 13.8. The average molecular weight is 351 g/mol. The van der Waals surface area contributed by atoms with Gasteiger partial charge in [-0.05, 0) is 37.0 Å². The number of nitrogens with one attached hydrogen (secondary N) is 1. The van der Waals surface area contributed by atoms with Crippen LogP contribution in [0.15, 0.2) is 48.5 Å². The largest absolute Gasteiger partial charge is 0.370 e. The third-order valence-electron chi connectivity index (χ3n) is 4.79. The third kappa shape index (κ3) is 4.40. The highest BCUT2D eigenvalue weighted by molar-refractivity contribution is 5.76. The number of nitriles is 1. The van der Waals surface area contributed by atoms with Crippen LogP contribution in [0.1, 0.15) is 30.4 Å². The summed E-state index contributed by atoms with van der Waals surface area (Å²) in [7, 11) is 0. The van der Waals surface area contributed by atoms with E-state index in [-0.39, 0.29) is 17.5 Å². The number of benzene rings is 2. The predicted molar refractivity (Wildman–Crippen MR) is 99.3 cm³/mol. The monoisotopic (exact) mass is 351 g/mol. The van der Waals surface area contributed by atoms with Crippen LogP contribution in [-0.2, 0) is 11.2 Å². The Morgan fingerprint density at radius 3 is 2.58 bits per heavy atom. The molecule has 4 nitrogen and oxygen atoms in total. The van der Waals surface area contributed by atoms with Crippen molar-refractivity contribution in [1.29, 1.82) is 5.26 Å². The fraction of sp³-hybridized carbons (Fsp3) is 0.333. The number of hydrogen-bond donors (Lipinski definition) is 1. The minimum absolute atomic E-state index is 0.0655. The van der Waals surface area contributed by atoms with E-state index in [4.69, 9.17) is 0 Å². The molecule has 0 spiro atoms. The molecule has 0 aromatic heterocycles. The molecule has 0 unspecified atom stereocenters. The van der Waals surface area contributed by atoms with Gasteiger partial charge >= 0.3 is 0 Å². The van der Waals surface area contributed by atoms with Crippen molar-refractivity contribution in [2.24, 2.45) is 0 Å². The summed E-state index contributed by atoms with van der Waals surface area (Å²) in [5, 5.41) is 12.3. The standard InChI is InChI=1S/C21H22FN3O/c22-19-7-4-8-20(18(19)15-23)25-13-11-17(12-14-25)24-21(26)10-9-16-5-2-1-3-6-16/h1-8,17H,9-14H2,(H,24,26). The fourth-order valence-corrected chi connectivity index (χ4v) is 3.35. The van der Waals surface area contributed by atoms with Gasteiger partial charge in [0, 0.05) is 25.6 Å². The van der Waals surface area contributed by atoms with Crippen LogP contribution in [0.25, 0.3) is 0 Å². The Balaban J connectivity index is 1.49. The molecule has 1 amide bonds. The zero-order chi connectivity index (χ0) is 18.4. The first-order valence-corrected chi connectivity index (χ1v) is 8.94. The SMILES string of the molecule is N#Cc1c(F)cccc1N1CCC(NC(=O)CCc2ccccc2)CC1. The first-order chi connectivity index (χ1) is 12.7. The number of anilines is 1. The molecule has 1 N–H and O–H groups in total. The Labute approximate surface area is 153 Å². The maximum Gasteiger partial charge on any atom is 0.220 e. The van der Waals surface area contributed by atoms with E-state index in [9.17, 15) is 14.4 Å². The van der Waals surface area contributed by atoms with Crippen molar-refractivity contribution in [3.05, 3.63) is 65.5 Å². The molecule has 134 valence electrons. The second-order valence-electron chi connectivity index (χ2n) is 6.56. The quantitative estimate of drug-likeness (QED) is 0.898. The first kappa shape index (κ1) is 17.9. The van der Waals surface area contributed by atoms with Crippen LogP contribution in [-0.4, -0.2) is 25.0 Å². The lowest BCUT2D eigenvalue weighted by Gasteiger charge is -2.34. The number of aryl methyl sites for hydroxylation is 1. The van der Waals surface area contributed by atoms with Crippen molar-refractivity contribution in [3.63, 3.8) is 0 Å². The van der Waals surface area contributed by atoms with Gasteiger partial charge in [0.15, 0.2) is 0 Å². The summed E-state index contributed by atoms with van der Waals surface area (Å²) in [4.78, 5) is 14.2. The fourth-order valence-electron chi connectivity index (χ4n) is 3.35. The van der Waals surface area contributed by atoms with Crippen LogP contribution in [0.2, 0.25) is 0 Å². The molecule has 1 saturated heterocycles. The Hall–Kier alpha value is -2.87. The number of halogens is 1. The van der Waals surface area contributed by atoms with Gasteiger partial charge in [-0.1, -0.05) is 36.4 Å². The lowest BCUT2D eigenvalue weighted by Crippen LogP contribution is -2.45. The summed E-state index contributed by atoms with van der Waals surface area (Å²) < 4.78 is 13.8. The lowest BCUT2D eigenvalue weighted by molar-refractivity contribution is -0.121. The highest BCUT2D eigenvalue weighted by Gasteiger charge is 2.23. The summed E-state index contributed by atoms with van der Waals surface area (Å²) >= 11 is 0. The summed E-state index contributed by atoms with van der Waals surface area (Å²) in [6, 6.07) is 16.8. The minimum atomic E-state index is -0.485. The number of piperidine rings is 1. The summed E-state index contributed by atoms with van der Waals surface area (Å²) in [6.07, 6.45) is 2.80. The maximum absolute atomic E-state index is 13.8. The van der Waals surface area contributed by atoms with Gasteiger partial charge in [0.1, 0.15) is 17.4 Å². The van der Waals surface area contributed by atoms with Crippen molar-refractivity contribution < 1.29 is 9.18 Å². The Bertz CT molecular complexity index is 793. The molecule has 26 heavy (non-hydrogen) atoms. The van der Waals surface area contributed by atoms with Gasteiger partial charge in [0.05, 0.1) is 5.69 Å². The minimum Gasteiger partial charge on any atom is -0.370 e. The molecule has 2 aromatic carbocycles. The Morgan fingerprint density at radius 1 is 1.15 bits per heavy atom. The van der Waals surface area contributed by atoms with Crippen LogP contribution < -0.4 is 10.2 Å². The second kappa shape index (κ2) is 8.48. The Kier molecular flexibility index (Phi) is 5.85. The van der Waals surface area contributed by atoms with Gasteiger partial charge in [-0.15, -0.1) is 0 Å². The number of carbonyl (C=O) groups excluding carboxylic acids is 1. The lowest BCUT2D eigenvalue weighted by atomic mass is 10.0. The molecule has 0 bridgehead atoms. The summed E-state index contributed by atoms with van der Waals surface area (Å²) in [5.41, 5.74) is 1.90. The second-order valence-corrected chi connectivity index (χ2v) is 6.56. The highest BCUT2D eigenvalue weighted by Crippen LogP contribution is 2.25. The zero-order valence-corrected chi connectivity index (χ0v) is 14.6.